The summed E-state index contributed by atoms with van der Waals surface area (Å²) < 4.78 is 5.68. The number of nitrogens with zero attached hydrogens (tertiary/aromatic N) is 1. The van der Waals surface area contributed by atoms with E-state index in [2.05, 4.69) is 31.1 Å². The van der Waals surface area contributed by atoms with Crippen molar-refractivity contribution in [3.8, 4) is 0 Å². The fourth-order valence-electron chi connectivity index (χ4n) is 2.82. The quantitative estimate of drug-likeness (QED) is 0.838. The standard InChI is InChI=1S/C16H26N2O2/c1-5-20-14-10-16(19,15(14,3)4)11-18-12(2)13-8-6-7-9-17-13/h6-9,12,14,18-19H,5,10-11H2,1-4H3/t12-,14+,16+/m0/s1. The molecular weight excluding hydrogens is 252 g/mol. The minimum Gasteiger partial charge on any atom is -0.388 e. The molecule has 0 aliphatic heterocycles. The first-order valence-corrected chi connectivity index (χ1v) is 7.39. The van der Waals surface area contributed by atoms with Gasteiger partial charge >= 0.3 is 0 Å². The maximum Gasteiger partial charge on any atom is 0.0871 e. The van der Waals surface area contributed by atoms with Crippen LogP contribution in [0.5, 0.6) is 0 Å². The van der Waals surface area contributed by atoms with Crippen LogP contribution in [0.15, 0.2) is 24.4 Å². The Kier molecular flexibility index (Phi) is 4.47. The van der Waals surface area contributed by atoms with Gasteiger partial charge in [0.2, 0.25) is 0 Å². The van der Waals surface area contributed by atoms with Gasteiger partial charge in [0.1, 0.15) is 0 Å². The average Bonchev–Trinajstić information content (AvgIpc) is 2.45. The lowest BCUT2D eigenvalue weighted by molar-refractivity contribution is -0.238. The van der Waals surface area contributed by atoms with Crippen molar-refractivity contribution in [2.24, 2.45) is 5.41 Å². The predicted molar refractivity (Wildman–Crippen MR) is 79.4 cm³/mol. The van der Waals surface area contributed by atoms with Crippen LogP contribution in [-0.2, 0) is 4.74 Å². The zero-order valence-electron chi connectivity index (χ0n) is 12.9. The number of pyridine rings is 1. The highest BCUT2D eigenvalue weighted by atomic mass is 16.5. The van der Waals surface area contributed by atoms with Crippen molar-refractivity contribution >= 4 is 0 Å². The predicted octanol–water partition coefficient (Wildman–Crippen LogP) is 2.30. The Balaban J connectivity index is 1.91. The summed E-state index contributed by atoms with van der Waals surface area (Å²) in [6.07, 6.45) is 2.63. The molecule has 1 aliphatic rings. The van der Waals surface area contributed by atoms with Gasteiger partial charge in [0, 0.05) is 37.2 Å². The van der Waals surface area contributed by atoms with Gasteiger partial charge in [0.15, 0.2) is 0 Å². The minimum atomic E-state index is -0.712. The van der Waals surface area contributed by atoms with Crippen molar-refractivity contribution in [2.45, 2.75) is 51.9 Å². The number of aromatic nitrogens is 1. The number of hydrogen-bond donors (Lipinski definition) is 2. The molecule has 4 nitrogen and oxygen atoms in total. The normalized spacial score (nSPS) is 29.8. The molecule has 2 N–H and O–H groups in total. The molecule has 1 saturated carbocycles. The molecule has 0 saturated heterocycles. The Morgan fingerprint density at radius 2 is 2.25 bits per heavy atom. The molecule has 1 heterocycles. The van der Waals surface area contributed by atoms with Gasteiger partial charge in [-0.05, 0) is 26.0 Å². The summed E-state index contributed by atoms with van der Waals surface area (Å²) in [6, 6.07) is 6.01. The van der Waals surface area contributed by atoms with Crippen molar-refractivity contribution in [3.05, 3.63) is 30.1 Å². The maximum absolute atomic E-state index is 10.8. The van der Waals surface area contributed by atoms with E-state index in [0.29, 0.717) is 19.6 Å². The lowest BCUT2D eigenvalue weighted by atomic mass is 9.56. The second kappa shape index (κ2) is 5.80. The first-order valence-electron chi connectivity index (χ1n) is 7.39. The molecule has 1 aromatic rings. The first kappa shape index (κ1) is 15.4. The number of aliphatic hydroxyl groups is 1. The topological polar surface area (TPSA) is 54.4 Å². The summed E-state index contributed by atoms with van der Waals surface area (Å²) in [4.78, 5) is 4.34. The van der Waals surface area contributed by atoms with Gasteiger partial charge in [0.05, 0.1) is 17.4 Å². The zero-order valence-corrected chi connectivity index (χ0v) is 12.9. The maximum atomic E-state index is 10.8. The average molecular weight is 278 g/mol. The molecule has 1 aromatic heterocycles. The third kappa shape index (κ3) is 2.73. The second-order valence-corrected chi connectivity index (χ2v) is 6.26. The third-order valence-corrected chi connectivity index (χ3v) is 4.73. The van der Waals surface area contributed by atoms with E-state index in [-0.39, 0.29) is 17.6 Å². The van der Waals surface area contributed by atoms with E-state index < -0.39 is 5.60 Å². The van der Waals surface area contributed by atoms with Gasteiger partial charge in [-0.15, -0.1) is 0 Å². The fraction of sp³-hybridized carbons (Fsp3) is 0.688. The van der Waals surface area contributed by atoms with Gasteiger partial charge in [-0.25, -0.2) is 0 Å². The SMILES string of the molecule is CCO[C@@H]1C[C@@](O)(CN[C@@H](C)c2ccccn2)C1(C)C. The summed E-state index contributed by atoms with van der Waals surface area (Å²) in [5.41, 5.74) is 0.0602. The molecule has 0 spiro atoms. The molecule has 1 fully saturated rings. The van der Waals surface area contributed by atoms with Crippen LogP contribution in [0, 0.1) is 5.41 Å². The first-order chi connectivity index (χ1) is 9.40. The van der Waals surface area contributed by atoms with Gasteiger partial charge in [-0.1, -0.05) is 19.9 Å². The lowest BCUT2D eigenvalue weighted by Crippen LogP contribution is -2.68. The summed E-state index contributed by atoms with van der Waals surface area (Å²) in [6.45, 7) is 9.46. The summed E-state index contributed by atoms with van der Waals surface area (Å²) in [5.74, 6) is 0. The highest BCUT2D eigenvalue weighted by Crippen LogP contribution is 2.51. The molecule has 0 aromatic carbocycles. The van der Waals surface area contributed by atoms with Crippen LogP contribution in [0.1, 0.15) is 45.9 Å². The van der Waals surface area contributed by atoms with Gasteiger partial charge in [-0.2, -0.15) is 0 Å². The monoisotopic (exact) mass is 278 g/mol. The van der Waals surface area contributed by atoms with E-state index in [1.54, 1.807) is 6.20 Å². The molecule has 3 atom stereocenters. The van der Waals surface area contributed by atoms with Crippen LogP contribution in [0.4, 0.5) is 0 Å². The molecule has 0 radical (unpaired) electrons. The van der Waals surface area contributed by atoms with Crippen LogP contribution < -0.4 is 5.32 Å². The van der Waals surface area contributed by atoms with Crippen molar-refractivity contribution in [1.29, 1.82) is 0 Å². The Labute approximate surface area is 121 Å². The number of nitrogens with one attached hydrogen (secondary N) is 1. The number of hydrogen-bond acceptors (Lipinski definition) is 4. The van der Waals surface area contributed by atoms with Crippen molar-refractivity contribution in [1.82, 2.24) is 10.3 Å². The number of rotatable bonds is 6. The summed E-state index contributed by atoms with van der Waals surface area (Å²) in [7, 11) is 0. The highest BCUT2D eigenvalue weighted by molar-refractivity contribution is 5.13. The molecule has 0 unspecified atom stereocenters. The van der Waals surface area contributed by atoms with Gasteiger partial charge in [0.25, 0.3) is 0 Å². The van der Waals surface area contributed by atoms with Crippen molar-refractivity contribution in [3.63, 3.8) is 0 Å². The Bertz CT molecular complexity index is 435. The molecule has 0 bridgehead atoms. The molecule has 0 amide bonds. The van der Waals surface area contributed by atoms with Gasteiger partial charge in [-0.3, -0.25) is 4.98 Å². The third-order valence-electron chi connectivity index (χ3n) is 4.73. The van der Waals surface area contributed by atoms with E-state index in [4.69, 9.17) is 4.74 Å². The van der Waals surface area contributed by atoms with Crippen LogP contribution in [0.2, 0.25) is 0 Å². The molecule has 4 heteroatoms. The van der Waals surface area contributed by atoms with Crippen molar-refractivity contribution < 1.29 is 9.84 Å². The van der Waals surface area contributed by atoms with E-state index in [9.17, 15) is 5.11 Å². The minimum absolute atomic E-state index is 0.127. The van der Waals surface area contributed by atoms with E-state index in [1.807, 2.05) is 25.1 Å². The van der Waals surface area contributed by atoms with E-state index in [1.165, 1.54) is 0 Å². The van der Waals surface area contributed by atoms with Crippen LogP contribution >= 0.6 is 0 Å². The second-order valence-electron chi connectivity index (χ2n) is 6.26. The van der Waals surface area contributed by atoms with E-state index in [0.717, 1.165) is 5.69 Å². The fourth-order valence-corrected chi connectivity index (χ4v) is 2.82. The lowest BCUT2D eigenvalue weighted by Gasteiger charge is -2.58. The Hall–Kier alpha value is -0.970. The van der Waals surface area contributed by atoms with Crippen LogP contribution in [-0.4, -0.2) is 34.9 Å². The largest absolute Gasteiger partial charge is 0.388 e. The van der Waals surface area contributed by atoms with Gasteiger partial charge < -0.3 is 15.2 Å². The van der Waals surface area contributed by atoms with E-state index >= 15 is 0 Å². The molecule has 20 heavy (non-hydrogen) atoms. The molecule has 2 rings (SSSR count). The smallest absolute Gasteiger partial charge is 0.0871 e. The summed E-state index contributed by atoms with van der Waals surface area (Å²) >= 11 is 0. The van der Waals surface area contributed by atoms with Crippen LogP contribution in [0.3, 0.4) is 0 Å². The Morgan fingerprint density at radius 1 is 1.50 bits per heavy atom. The van der Waals surface area contributed by atoms with Crippen molar-refractivity contribution in [2.75, 3.05) is 13.2 Å². The molecular formula is C16H26N2O2. The summed E-state index contributed by atoms with van der Waals surface area (Å²) in [5, 5.41) is 14.2. The Morgan fingerprint density at radius 3 is 2.80 bits per heavy atom. The number of ether oxygens (including phenoxy) is 1. The molecule has 1 aliphatic carbocycles. The highest BCUT2D eigenvalue weighted by Gasteiger charge is 2.59. The molecule has 112 valence electrons. The van der Waals surface area contributed by atoms with Crippen LogP contribution in [0.25, 0.3) is 0 Å². The zero-order chi connectivity index (χ0) is 14.8.